The first-order valence-electron chi connectivity index (χ1n) is 0. The van der Waals surface area contributed by atoms with Crippen molar-refractivity contribution < 1.29 is 118 Å². The summed E-state index contributed by atoms with van der Waals surface area (Å²) in [4.78, 5) is 0. The fourth-order valence-corrected chi connectivity index (χ4v) is 0. The van der Waals surface area contributed by atoms with Gasteiger partial charge in [0, 0.05) is 141 Å². The molecule has 0 aliphatic rings. The van der Waals surface area contributed by atoms with E-state index in [1.807, 2.05) is 0 Å². The van der Waals surface area contributed by atoms with Crippen LogP contribution in [0.5, 0.6) is 0 Å². The second kappa shape index (κ2) is 15.6. The average Bonchev–Trinajstić information content (AvgIpc) is 0. The first-order valence-corrected chi connectivity index (χ1v) is 0. The van der Waals surface area contributed by atoms with Gasteiger partial charge in [-0.25, -0.2) is 0 Å². The van der Waals surface area contributed by atoms with Gasteiger partial charge in [-0.15, -0.1) is 0 Å². The van der Waals surface area contributed by atoms with Crippen LogP contribution < -0.4 is 0 Å². The van der Waals surface area contributed by atoms with Gasteiger partial charge in [0.15, 0.2) is 0 Å². The third-order valence-electron chi connectivity index (χ3n) is 0. The summed E-state index contributed by atoms with van der Waals surface area (Å²) in [6.45, 7) is 0. The van der Waals surface area contributed by atoms with E-state index in [1.165, 1.54) is 0 Å². The van der Waals surface area contributed by atoms with Crippen molar-refractivity contribution in [1.29, 1.82) is 0 Å². The van der Waals surface area contributed by atoms with Crippen LogP contribution >= 0.6 is 0 Å². The molecule has 4 heteroatoms. The van der Waals surface area contributed by atoms with E-state index in [0.29, 0.717) is 0 Å². The monoisotopic (exact) mass is 445 g/mol. The Hall–Kier alpha value is 4.69. The summed E-state index contributed by atoms with van der Waals surface area (Å²) in [5.41, 5.74) is 0. The molecule has 0 aromatic rings. The summed E-state index contributed by atoms with van der Waals surface area (Å²) < 4.78 is 0. The van der Waals surface area contributed by atoms with E-state index in [4.69, 9.17) is 0 Å². The molecule has 0 saturated carbocycles. The van der Waals surface area contributed by atoms with E-state index < -0.39 is 0 Å². The molecule has 0 aliphatic heterocycles. The van der Waals surface area contributed by atoms with E-state index >= 15 is 0 Å². The Morgan fingerprint density at radius 2 is 1.00 bits per heavy atom. The maximum atomic E-state index is 0. The van der Waals surface area contributed by atoms with Crippen LogP contribution in [-0.2, 0) is 0 Å². The van der Waals surface area contributed by atoms with Crippen LogP contribution in [0.15, 0.2) is 0 Å². The van der Waals surface area contributed by atoms with Gasteiger partial charge in [-0.3, -0.25) is 0 Å². The van der Waals surface area contributed by atoms with E-state index in [1.54, 1.807) is 0 Å². The maximum absolute atomic E-state index is 0. The summed E-state index contributed by atoms with van der Waals surface area (Å²) in [6, 6.07) is 0. The number of hydrogen-bond donors (Lipinski definition) is 0. The zero-order chi connectivity index (χ0) is 0. The van der Waals surface area contributed by atoms with Gasteiger partial charge in [-0.2, -0.15) is 0 Å². The predicted molar refractivity (Wildman–Crippen MR) is 5.75 cm³/mol. The van der Waals surface area contributed by atoms with Gasteiger partial charge in [0.1, 0.15) is 0 Å². The molecule has 4 heavy (non-hydrogen) atoms. The predicted octanol–water partition coefficient (Wildman–Crippen LogP) is -0.381. The Bertz CT molecular complexity index is 8.00. The summed E-state index contributed by atoms with van der Waals surface area (Å²) in [6.07, 6.45) is 0. The quantitative estimate of drug-likeness (QED) is 0.444. The molecule has 0 unspecified atom stereocenters. The van der Waals surface area contributed by atoms with Gasteiger partial charge in [-0.1, -0.05) is 0 Å². The van der Waals surface area contributed by atoms with Crippen molar-refractivity contribution in [2.45, 2.75) is 0 Å². The maximum Gasteiger partial charge on any atom is 0 e. The third kappa shape index (κ3) is 9.85. The first kappa shape index (κ1) is 23.4. The van der Waals surface area contributed by atoms with Crippen molar-refractivity contribution in [2.75, 3.05) is 0 Å². The number of hydrogen-bond acceptors (Lipinski definition) is 0. The smallest absolute Gasteiger partial charge is 0 e. The van der Waals surface area contributed by atoms with Crippen molar-refractivity contribution in [1.82, 2.24) is 0 Å². The van der Waals surface area contributed by atoms with E-state index in [0.717, 1.165) is 0 Å². The van der Waals surface area contributed by atoms with Crippen LogP contribution in [0.1, 0.15) is 0 Å². The fraction of sp³-hybridized carbons (Fsp3) is 0. The van der Waals surface area contributed by atoms with Crippen LogP contribution in [0.4, 0.5) is 0 Å². The molecule has 13 valence electrons. The van der Waals surface area contributed by atoms with Crippen molar-refractivity contribution in [3.63, 3.8) is 0 Å². The summed E-state index contributed by atoms with van der Waals surface area (Å²) in [5.74, 6) is 0. The van der Waals surface area contributed by atoms with Crippen LogP contribution in [0, 0.1) is 118 Å². The Kier molecular flexibility index (Phi) is 91.4. The Morgan fingerprint density at radius 3 is 1.00 bits per heavy atom. The van der Waals surface area contributed by atoms with Gasteiger partial charge >= 0.3 is 0 Å². The Morgan fingerprint density at radius 1 is 1.00 bits per heavy atom. The van der Waals surface area contributed by atoms with Crippen LogP contribution in [0.2, 0.25) is 0 Å². The fourth-order valence-electron chi connectivity index (χ4n) is 0. The molecular weight excluding hydrogens is 448 g/mol. The van der Waals surface area contributed by atoms with Gasteiger partial charge in [0.25, 0.3) is 0 Å². The SMILES string of the molecule is [Ce].[La].[Mg].[Nd]. The van der Waals surface area contributed by atoms with Crippen molar-refractivity contribution in [3.05, 3.63) is 0 Å². The molecule has 0 aromatic heterocycles. The minimum Gasteiger partial charge on any atom is 0 e. The topological polar surface area (TPSA) is 0 Å². The molecule has 0 bridgehead atoms. The van der Waals surface area contributed by atoms with Crippen molar-refractivity contribution in [2.24, 2.45) is 0 Å². The molecule has 0 aliphatic carbocycles. The average molecular weight is 448 g/mol. The summed E-state index contributed by atoms with van der Waals surface area (Å²) in [5, 5.41) is 0. The van der Waals surface area contributed by atoms with Gasteiger partial charge in [0.05, 0.1) is 0 Å². The Balaban J connectivity index is 0. The molecular formula is CeLaMgNd. The zero-order valence-corrected chi connectivity index (χ0v) is 13.7. The van der Waals surface area contributed by atoms with Crippen molar-refractivity contribution >= 4 is 23.1 Å². The normalized spacial score (nSPS) is 0. The molecule has 0 rings (SSSR count). The molecule has 0 fully saturated rings. The second-order valence-electron chi connectivity index (χ2n) is 0. The first-order chi connectivity index (χ1) is 0. The minimum atomic E-state index is 0. The van der Waals surface area contributed by atoms with E-state index in [-0.39, 0.29) is 141 Å². The largest absolute Gasteiger partial charge is 0 e. The molecule has 0 amide bonds. The molecule has 0 nitrogen and oxygen atoms in total. The molecule has 0 N–H and O–H groups in total. The zero-order valence-electron chi connectivity index (χ0n) is 2.28. The van der Waals surface area contributed by atoms with Crippen LogP contribution in [-0.4, -0.2) is 23.1 Å². The van der Waals surface area contributed by atoms with E-state index in [9.17, 15) is 0 Å². The second-order valence-corrected chi connectivity index (χ2v) is 0. The molecule has 0 atom stereocenters. The molecule has 0 saturated heterocycles. The Labute approximate surface area is 137 Å². The molecule has 0 heterocycles. The summed E-state index contributed by atoms with van der Waals surface area (Å²) in [7, 11) is 0. The standard InChI is InChI=1S/Ce.La.Mg.Nd. The van der Waals surface area contributed by atoms with Crippen molar-refractivity contribution in [3.8, 4) is 0 Å². The minimum absolute atomic E-state index is 0. The molecule has 0 aromatic carbocycles. The van der Waals surface area contributed by atoms with Crippen LogP contribution in [0.3, 0.4) is 0 Å². The van der Waals surface area contributed by atoms with Gasteiger partial charge in [0.2, 0.25) is 0 Å². The molecule has 0 spiro atoms. The van der Waals surface area contributed by atoms with E-state index in [2.05, 4.69) is 0 Å². The van der Waals surface area contributed by atoms with Gasteiger partial charge in [-0.05, 0) is 0 Å². The van der Waals surface area contributed by atoms with Gasteiger partial charge < -0.3 is 0 Å². The van der Waals surface area contributed by atoms with Crippen LogP contribution in [0.25, 0.3) is 0 Å². The third-order valence-corrected chi connectivity index (χ3v) is 0. The number of rotatable bonds is 0. The molecule has 3 radical (unpaired) electrons. The summed E-state index contributed by atoms with van der Waals surface area (Å²) >= 11 is 0.